The number of benzene rings is 1. The fourth-order valence-corrected chi connectivity index (χ4v) is 11.8. The largest absolute Gasteiger partial charge is 0.493 e. The maximum Gasteiger partial charge on any atom is 0.331 e. The normalized spacial score (nSPS) is 45.8. The van der Waals surface area contributed by atoms with Gasteiger partial charge < -0.3 is 33.9 Å². The zero-order valence-corrected chi connectivity index (χ0v) is 26.0. The molecular weight excluding hydrogens is 550 g/mol. The number of aliphatic hydroxyl groups excluding tert-OH is 1. The monoisotopic (exact) mass is 597 g/mol. The van der Waals surface area contributed by atoms with Crippen molar-refractivity contribution >= 4 is 12.0 Å². The van der Waals surface area contributed by atoms with E-state index in [4.69, 9.17) is 23.7 Å². The van der Waals surface area contributed by atoms with E-state index in [1.165, 1.54) is 6.08 Å². The molecule has 0 unspecified atom stereocenters. The maximum atomic E-state index is 13.4. The summed E-state index contributed by atoms with van der Waals surface area (Å²) in [5.74, 6) is 0.767. The molecule has 6 fully saturated rings. The van der Waals surface area contributed by atoms with Gasteiger partial charge in [-0.05, 0) is 67.8 Å². The number of piperidine rings is 1. The topological polar surface area (TPSA) is 107 Å². The van der Waals surface area contributed by atoms with E-state index in [0.717, 1.165) is 44.3 Å². The van der Waals surface area contributed by atoms with Crippen LogP contribution in [0.3, 0.4) is 0 Å². The van der Waals surface area contributed by atoms with Crippen LogP contribution in [0.1, 0.15) is 44.6 Å². The van der Waals surface area contributed by atoms with Crippen LogP contribution in [0.25, 0.3) is 6.08 Å². The average molecular weight is 598 g/mol. The van der Waals surface area contributed by atoms with Crippen molar-refractivity contribution in [2.24, 2.45) is 40.4 Å². The average Bonchev–Trinajstić information content (AvgIpc) is 3.47. The fraction of sp³-hybridized carbons (Fsp3) is 0.735. The number of methoxy groups -OCH3 is 4. The van der Waals surface area contributed by atoms with Gasteiger partial charge in [0.25, 0.3) is 0 Å². The van der Waals surface area contributed by atoms with Gasteiger partial charge in [-0.15, -0.1) is 0 Å². The van der Waals surface area contributed by atoms with E-state index in [9.17, 15) is 15.0 Å². The molecule has 0 radical (unpaired) electrons. The molecule has 1 spiro atoms. The molecule has 43 heavy (non-hydrogen) atoms. The molecule has 5 aliphatic carbocycles. The zero-order valence-electron chi connectivity index (χ0n) is 26.0. The Morgan fingerprint density at radius 1 is 1.12 bits per heavy atom. The minimum absolute atomic E-state index is 0.0228. The predicted molar refractivity (Wildman–Crippen MR) is 159 cm³/mol. The number of fused-ring (bicyclic) bond motifs is 2. The SMILES string of the molecule is CCN1C[C@]2(COC)CC[C@@H](O)[C@@]34[C@@H]5C[C@H]6[C@@H](OC(=O)/C=C/c7ccc(OC)c(OC)c7)[C@@H]5[C@](O)(C[C@@H]6OC)[C@@H](C[C@H]23)[C@@H]14. The summed E-state index contributed by atoms with van der Waals surface area (Å²) in [7, 11) is 6.66. The lowest BCUT2D eigenvalue weighted by atomic mass is 9.43. The van der Waals surface area contributed by atoms with E-state index >= 15 is 0 Å². The number of nitrogens with zero attached hydrogens (tertiary/aromatic N) is 1. The van der Waals surface area contributed by atoms with Crippen LogP contribution >= 0.6 is 0 Å². The molecule has 0 aromatic heterocycles. The minimum atomic E-state index is -1.04. The Balaban J connectivity index is 1.25. The zero-order chi connectivity index (χ0) is 30.3. The summed E-state index contributed by atoms with van der Waals surface area (Å²) in [5.41, 5.74) is -0.655. The Labute approximate surface area is 254 Å². The fourth-order valence-electron chi connectivity index (χ4n) is 11.8. The first-order chi connectivity index (χ1) is 20.7. The standard InChI is InChI=1S/C34H47NO8/c1-6-35-17-32(18-39-2)12-11-27(36)34-21-14-20-25(42-5)16-33(38,22(31(34)35)15-26(32)34)29(21)30(20)43-28(37)10-8-19-7-9-23(40-3)24(13-19)41-4/h7-10,13,20-22,25-27,29-31,36,38H,6,11-12,14-18H2,1-5H3/b10-8+/t20-,21-,22+,25+,26-,27-,29-,30-,31-,32+,33+,34-/m1/s1. The molecule has 1 heterocycles. The highest BCUT2D eigenvalue weighted by Crippen LogP contribution is 2.79. The van der Waals surface area contributed by atoms with E-state index in [1.807, 2.05) is 12.1 Å². The Kier molecular flexibility index (Phi) is 7.17. The quantitative estimate of drug-likeness (QED) is 0.328. The summed E-state index contributed by atoms with van der Waals surface area (Å²) in [4.78, 5) is 16.0. The molecule has 6 aliphatic rings. The summed E-state index contributed by atoms with van der Waals surface area (Å²) in [6.07, 6.45) is 5.90. The van der Waals surface area contributed by atoms with Crippen molar-refractivity contribution in [1.29, 1.82) is 0 Å². The van der Waals surface area contributed by atoms with Crippen molar-refractivity contribution in [1.82, 2.24) is 4.90 Å². The van der Waals surface area contributed by atoms with Crippen molar-refractivity contribution in [3.05, 3.63) is 29.8 Å². The van der Waals surface area contributed by atoms with Gasteiger partial charge >= 0.3 is 5.97 Å². The second kappa shape index (κ2) is 10.4. The summed E-state index contributed by atoms with van der Waals surface area (Å²) in [5, 5.41) is 25.0. The first kappa shape index (κ1) is 29.5. The highest BCUT2D eigenvalue weighted by molar-refractivity contribution is 5.87. The lowest BCUT2D eigenvalue weighted by Gasteiger charge is -2.69. The van der Waals surface area contributed by atoms with E-state index in [2.05, 4.69) is 11.8 Å². The van der Waals surface area contributed by atoms with Crippen molar-refractivity contribution in [2.75, 3.05) is 48.1 Å². The van der Waals surface area contributed by atoms with Gasteiger partial charge in [0.2, 0.25) is 0 Å². The van der Waals surface area contributed by atoms with Crippen LogP contribution in [0.5, 0.6) is 11.5 Å². The number of carbonyl (C=O) groups excluding carboxylic acids is 1. The molecule has 7 bridgehead atoms. The molecular formula is C34H47NO8. The number of carbonyl (C=O) groups is 1. The third-order valence-electron chi connectivity index (χ3n) is 12.9. The van der Waals surface area contributed by atoms with Gasteiger partial charge in [0, 0.05) is 67.9 Å². The second-order valence-corrected chi connectivity index (χ2v) is 14.1. The number of aliphatic hydroxyl groups is 2. The Morgan fingerprint density at radius 3 is 2.60 bits per heavy atom. The molecule has 7 rings (SSSR count). The van der Waals surface area contributed by atoms with Gasteiger partial charge in [-0.3, -0.25) is 4.90 Å². The number of ether oxygens (including phenoxy) is 5. The Bertz CT molecular complexity index is 1290. The van der Waals surface area contributed by atoms with Crippen LogP contribution in [-0.4, -0.2) is 99.2 Å². The summed E-state index contributed by atoms with van der Waals surface area (Å²) in [6, 6.07) is 5.57. The number of hydrogen-bond acceptors (Lipinski definition) is 9. The lowest BCUT2D eigenvalue weighted by molar-refractivity contribution is -0.273. The van der Waals surface area contributed by atoms with Gasteiger partial charge in [-0.1, -0.05) is 13.0 Å². The number of rotatable bonds is 9. The number of hydrogen-bond donors (Lipinski definition) is 2. The third kappa shape index (κ3) is 3.84. The van der Waals surface area contributed by atoms with E-state index in [0.29, 0.717) is 24.5 Å². The van der Waals surface area contributed by atoms with Gasteiger partial charge in [-0.2, -0.15) is 0 Å². The number of likely N-dealkylation sites (tertiary alicyclic amines) is 1. The molecule has 1 aliphatic heterocycles. The maximum absolute atomic E-state index is 13.4. The molecule has 0 amide bonds. The molecule has 9 heteroatoms. The molecule has 9 nitrogen and oxygen atoms in total. The highest BCUT2D eigenvalue weighted by Gasteiger charge is 2.84. The van der Waals surface area contributed by atoms with Gasteiger partial charge in [0.1, 0.15) is 6.10 Å². The molecule has 236 valence electrons. The molecule has 5 saturated carbocycles. The molecule has 1 aromatic rings. The predicted octanol–water partition coefficient (Wildman–Crippen LogP) is 3.16. The molecule has 2 N–H and O–H groups in total. The van der Waals surface area contributed by atoms with Gasteiger partial charge in [0.05, 0.1) is 38.6 Å². The van der Waals surface area contributed by atoms with E-state index in [-0.39, 0.29) is 52.6 Å². The van der Waals surface area contributed by atoms with Crippen LogP contribution in [0.2, 0.25) is 0 Å². The van der Waals surface area contributed by atoms with Crippen molar-refractivity contribution < 1.29 is 38.7 Å². The molecule has 12 atom stereocenters. The summed E-state index contributed by atoms with van der Waals surface area (Å²) >= 11 is 0. The number of esters is 1. The lowest BCUT2D eigenvalue weighted by Crippen LogP contribution is -2.76. The van der Waals surface area contributed by atoms with Crippen LogP contribution in [0.4, 0.5) is 0 Å². The van der Waals surface area contributed by atoms with Gasteiger partial charge in [0.15, 0.2) is 11.5 Å². The Morgan fingerprint density at radius 2 is 1.91 bits per heavy atom. The van der Waals surface area contributed by atoms with Crippen LogP contribution in [0, 0.1) is 40.4 Å². The summed E-state index contributed by atoms with van der Waals surface area (Å²) < 4.78 is 29.0. The first-order valence-electron chi connectivity index (χ1n) is 16.0. The smallest absolute Gasteiger partial charge is 0.331 e. The summed E-state index contributed by atoms with van der Waals surface area (Å²) in [6.45, 7) is 4.69. The van der Waals surface area contributed by atoms with Crippen molar-refractivity contribution in [3.8, 4) is 11.5 Å². The first-order valence-corrected chi connectivity index (χ1v) is 16.0. The van der Waals surface area contributed by atoms with Crippen LogP contribution < -0.4 is 9.47 Å². The van der Waals surface area contributed by atoms with E-state index < -0.39 is 23.8 Å². The van der Waals surface area contributed by atoms with E-state index in [1.54, 1.807) is 40.6 Å². The second-order valence-electron chi connectivity index (χ2n) is 14.1. The van der Waals surface area contributed by atoms with Crippen molar-refractivity contribution in [2.45, 2.75) is 69.0 Å². The minimum Gasteiger partial charge on any atom is -0.493 e. The van der Waals surface area contributed by atoms with Crippen molar-refractivity contribution in [3.63, 3.8) is 0 Å². The highest BCUT2D eigenvalue weighted by atomic mass is 16.6. The van der Waals surface area contributed by atoms with Crippen LogP contribution in [0.15, 0.2) is 24.3 Å². The third-order valence-corrected chi connectivity index (χ3v) is 12.9. The molecule has 1 aromatic carbocycles. The Hall–Kier alpha value is -2.17. The van der Waals surface area contributed by atoms with Gasteiger partial charge in [-0.25, -0.2) is 4.79 Å². The van der Waals surface area contributed by atoms with Crippen LogP contribution in [-0.2, 0) is 19.0 Å². The molecule has 1 saturated heterocycles.